The van der Waals surface area contributed by atoms with Crippen LogP contribution in [0.15, 0.2) is 24.3 Å². The normalized spacial score (nSPS) is 11.9. The van der Waals surface area contributed by atoms with E-state index in [9.17, 15) is 4.79 Å². The first-order valence-electron chi connectivity index (χ1n) is 6.24. The molecule has 1 aromatic carbocycles. The van der Waals surface area contributed by atoms with E-state index < -0.39 is 6.10 Å². The average molecular weight is 252 g/mol. The van der Waals surface area contributed by atoms with Crippen molar-refractivity contribution in [2.75, 3.05) is 6.61 Å². The molecule has 1 rings (SSSR count). The summed E-state index contributed by atoms with van der Waals surface area (Å²) in [5.74, 6) is 0.238. The number of rotatable bonds is 7. The molecule has 0 aliphatic rings. The van der Waals surface area contributed by atoms with Gasteiger partial charge in [0, 0.05) is 0 Å². The lowest BCUT2D eigenvalue weighted by atomic mass is 10.2. The minimum Gasteiger partial charge on any atom is -0.479 e. The van der Waals surface area contributed by atoms with E-state index in [0.29, 0.717) is 18.8 Å². The highest BCUT2D eigenvalue weighted by molar-refractivity contribution is 5.75. The first kappa shape index (κ1) is 14.5. The van der Waals surface area contributed by atoms with Crippen LogP contribution in [0.5, 0.6) is 5.75 Å². The zero-order valence-corrected chi connectivity index (χ0v) is 10.9. The molecule has 0 bridgehead atoms. The third kappa shape index (κ3) is 4.37. The molecule has 18 heavy (non-hydrogen) atoms. The molecule has 0 fully saturated rings. The van der Waals surface area contributed by atoms with Gasteiger partial charge in [-0.05, 0) is 31.0 Å². The van der Waals surface area contributed by atoms with Crippen LogP contribution in [0.25, 0.3) is 0 Å². The van der Waals surface area contributed by atoms with Gasteiger partial charge in [-0.1, -0.05) is 25.5 Å². The van der Waals surface area contributed by atoms with Gasteiger partial charge in [-0.3, -0.25) is 0 Å². The van der Waals surface area contributed by atoms with Crippen molar-refractivity contribution in [1.82, 2.24) is 0 Å². The highest BCUT2D eigenvalue weighted by atomic mass is 16.6. The molecule has 0 amide bonds. The molecule has 1 atom stereocenters. The number of benzene rings is 1. The fraction of sp³-hybridized carbons (Fsp3) is 0.500. The second-order valence-electron chi connectivity index (χ2n) is 3.95. The van der Waals surface area contributed by atoms with Gasteiger partial charge in [-0.25, -0.2) is 4.79 Å². The number of aliphatic hydroxyl groups is 1. The smallest absolute Gasteiger partial charge is 0.347 e. The number of hydrogen-bond acceptors (Lipinski definition) is 4. The number of hydrogen-bond donors (Lipinski definition) is 1. The van der Waals surface area contributed by atoms with Gasteiger partial charge in [0.2, 0.25) is 0 Å². The highest BCUT2D eigenvalue weighted by Crippen LogP contribution is 2.17. The topological polar surface area (TPSA) is 55.8 Å². The zero-order valence-electron chi connectivity index (χ0n) is 10.9. The molecule has 0 radical (unpaired) electrons. The molecule has 0 spiro atoms. The van der Waals surface area contributed by atoms with Gasteiger partial charge in [0.1, 0.15) is 5.75 Å². The van der Waals surface area contributed by atoms with Crippen LogP contribution >= 0.6 is 0 Å². The summed E-state index contributed by atoms with van der Waals surface area (Å²) in [5, 5.41) is 9.05. The van der Waals surface area contributed by atoms with Crippen LogP contribution in [0.3, 0.4) is 0 Å². The van der Waals surface area contributed by atoms with Gasteiger partial charge in [0.05, 0.1) is 13.2 Å². The Morgan fingerprint density at radius 1 is 1.39 bits per heavy atom. The molecule has 4 heteroatoms. The van der Waals surface area contributed by atoms with Crippen LogP contribution in [0.4, 0.5) is 0 Å². The number of ether oxygens (including phenoxy) is 2. The molecule has 0 aliphatic heterocycles. The van der Waals surface area contributed by atoms with Crippen molar-refractivity contribution in [3.8, 4) is 5.75 Å². The second-order valence-corrected chi connectivity index (χ2v) is 3.95. The van der Waals surface area contributed by atoms with E-state index in [1.165, 1.54) is 0 Å². The lowest BCUT2D eigenvalue weighted by Crippen LogP contribution is -2.29. The average Bonchev–Trinajstić information content (AvgIpc) is 2.39. The Hall–Kier alpha value is -1.55. The first-order valence-corrected chi connectivity index (χ1v) is 6.24. The summed E-state index contributed by atoms with van der Waals surface area (Å²) in [6.45, 7) is 4.06. The van der Waals surface area contributed by atoms with Crippen molar-refractivity contribution in [3.63, 3.8) is 0 Å². The van der Waals surface area contributed by atoms with Gasteiger partial charge in [0.15, 0.2) is 6.10 Å². The molecule has 1 N–H and O–H groups in total. The Labute approximate surface area is 108 Å². The molecular formula is C14H20O4. The van der Waals surface area contributed by atoms with E-state index in [1.807, 2.05) is 6.92 Å². The van der Waals surface area contributed by atoms with E-state index >= 15 is 0 Å². The highest BCUT2D eigenvalue weighted by Gasteiger charge is 2.20. The molecule has 0 saturated heterocycles. The zero-order chi connectivity index (χ0) is 13.4. The Kier molecular flexibility index (Phi) is 6.22. The lowest BCUT2D eigenvalue weighted by Gasteiger charge is -2.17. The number of aliphatic hydroxyl groups excluding tert-OH is 1. The third-order valence-corrected chi connectivity index (χ3v) is 2.46. The van der Waals surface area contributed by atoms with E-state index in [1.54, 1.807) is 31.2 Å². The van der Waals surface area contributed by atoms with Crippen LogP contribution in [0.1, 0.15) is 32.3 Å². The van der Waals surface area contributed by atoms with Crippen molar-refractivity contribution in [2.45, 2.75) is 39.4 Å². The first-order chi connectivity index (χ1) is 8.71. The number of carbonyl (C=O) groups is 1. The predicted octanol–water partition coefficient (Wildman–Crippen LogP) is 2.29. The minimum atomic E-state index is -0.580. The largest absolute Gasteiger partial charge is 0.479 e. The summed E-state index contributed by atoms with van der Waals surface area (Å²) in [6, 6.07) is 7.07. The van der Waals surface area contributed by atoms with E-state index in [-0.39, 0.29) is 12.6 Å². The van der Waals surface area contributed by atoms with Crippen molar-refractivity contribution >= 4 is 5.97 Å². The SMILES string of the molecule is CCCC(Oc1cccc(CO)c1)C(=O)OCC. The van der Waals surface area contributed by atoms with E-state index in [2.05, 4.69) is 0 Å². The third-order valence-electron chi connectivity index (χ3n) is 2.46. The second kappa shape index (κ2) is 7.71. The fourth-order valence-corrected chi connectivity index (χ4v) is 1.60. The fourth-order valence-electron chi connectivity index (χ4n) is 1.60. The van der Waals surface area contributed by atoms with Crippen LogP contribution in [0.2, 0.25) is 0 Å². The Balaban J connectivity index is 2.72. The van der Waals surface area contributed by atoms with E-state index in [0.717, 1.165) is 12.0 Å². The molecule has 1 aromatic rings. The molecule has 0 aromatic heterocycles. The number of esters is 1. The van der Waals surface area contributed by atoms with Gasteiger partial charge in [0.25, 0.3) is 0 Å². The predicted molar refractivity (Wildman–Crippen MR) is 68.3 cm³/mol. The molecular weight excluding hydrogens is 232 g/mol. The maximum absolute atomic E-state index is 11.7. The maximum atomic E-state index is 11.7. The summed E-state index contributed by atoms with van der Waals surface area (Å²) in [7, 11) is 0. The van der Waals surface area contributed by atoms with Crippen molar-refractivity contribution in [2.24, 2.45) is 0 Å². The van der Waals surface area contributed by atoms with Gasteiger partial charge in [-0.2, -0.15) is 0 Å². The lowest BCUT2D eigenvalue weighted by molar-refractivity contribution is -0.151. The molecule has 0 heterocycles. The molecule has 0 aliphatic carbocycles. The summed E-state index contributed by atoms with van der Waals surface area (Å²) in [5.41, 5.74) is 0.756. The maximum Gasteiger partial charge on any atom is 0.347 e. The van der Waals surface area contributed by atoms with Gasteiger partial charge >= 0.3 is 5.97 Å². The molecule has 0 saturated carbocycles. The van der Waals surface area contributed by atoms with Crippen LogP contribution in [-0.4, -0.2) is 23.8 Å². The van der Waals surface area contributed by atoms with Crippen molar-refractivity contribution in [1.29, 1.82) is 0 Å². The Bertz CT molecular complexity index is 376. The summed E-state index contributed by atoms with van der Waals surface area (Å²) < 4.78 is 10.6. The monoisotopic (exact) mass is 252 g/mol. The Morgan fingerprint density at radius 3 is 2.78 bits per heavy atom. The van der Waals surface area contributed by atoms with E-state index in [4.69, 9.17) is 14.6 Å². The molecule has 4 nitrogen and oxygen atoms in total. The van der Waals surface area contributed by atoms with Crippen LogP contribution < -0.4 is 4.74 Å². The van der Waals surface area contributed by atoms with Crippen molar-refractivity contribution < 1.29 is 19.4 Å². The van der Waals surface area contributed by atoms with Crippen molar-refractivity contribution in [3.05, 3.63) is 29.8 Å². The summed E-state index contributed by atoms with van der Waals surface area (Å²) >= 11 is 0. The quantitative estimate of drug-likeness (QED) is 0.756. The number of carbonyl (C=O) groups excluding carboxylic acids is 1. The van der Waals surface area contributed by atoms with Gasteiger partial charge < -0.3 is 14.6 Å². The van der Waals surface area contributed by atoms with Crippen LogP contribution in [0, 0.1) is 0 Å². The summed E-state index contributed by atoms with van der Waals surface area (Å²) in [6.07, 6.45) is 0.870. The standard InChI is InChI=1S/C14H20O4/c1-3-6-13(14(16)17-4-2)18-12-8-5-7-11(9-12)10-15/h5,7-9,13,15H,3-4,6,10H2,1-2H3. The minimum absolute atomic E-state index is 0.0466. The molecule has 100 valence electrons. The van der Waals surface area contributed by atoms with Gasteiger partial charge in [-0.15, -0.1) is 0 Å². The molecule has 1 unspecified atom stereocenters. The Morgan fingerprint density at radius 2 is 2.17 bits per heavy atom. The summed E-state index contributed by atoms with van der Waals surface area (Å²) in [4.78, 5) is 11.7. The van der Waals surface area contributed by atoms with Crippen LogP contribution in [-0.2, 0) is 16.1 Å².